The summed E-state index contributed by atoms with van der Waals surface area (Å²) >= 11 is 0. The quantitative estimate of drug-likeness (QED) is 0.799. The van der Waals surface area contributed by atoms with Crippen LogP contribution in [0.25, 0.3) is 5.52 Å². The normalized spacial score (nSPS) is 11.5. The molecule has 0 amide bonds. The number of anilines is 1. The van der Waals surface area contributed by atoms with Gasteiger partial charge < -0.3 is 5.32 Å². The number of rotatable bonds is 4. The fraction of sp³-hybridized carbons (Fsp3) is 0.375. The molecular weight excluding hydrogens is 262 g/mol. The Morgan fingerprint density at radius 1 is 1.24 bits per heavy atom. The van der Waals surface area contributed by atoms with Gasteiger partial charge in [0.05, 0.1) is 28.8 Å². The second kappa shape index (κ2) is 5.24. The van der Waals surface area contributed by atoms with E-state index in [1.165, 1.54) is 11.3 Å². The lowest BCUT2D eigenvalue weighted by Gasteiger charge is -2.09. The molecule has 3 rings (SSSR count). The fourth-order valence-electron chi connectivity index (χ4n) is 2.73. The molecule has 0 saturated carbocycles. The Morgan fingerprint density at radius 2 is 2.05 bits per heavy atom. The highest BCUT2D eigenvalue weighted by Gasteiger charge is 2.13. The third-order valence-corrected chi connectivity index (χ3v) is 3.78. The predicted molar refractivity (Wildman–Crippen MR) is 84.6 cm³/mol. The van der Waals surface area contributed by atoms with Crippen molar-refractivity contribution in [1.29, 1.82) is 0 Å². The lowest BCUT2D eigenvalue weighted by molar-refractivity contribution is 0.516. The van der Waals surface area contributed by atoms with Crippen molar-refractivity contribution in [3.63, 3.8) is 0 Å². The van der Waals surface area contributed by atoms with E-state index < -0.39 is 0 Å². The summed E-state index contributed by atoms with van der Waals surface area (Å²) in [6.07, 6.45) is 3.88. The van der Waals surface area contributed by atoms with Gasteiger partial charge in [0.1, 0.15) is 0 Å². The van der Waals surface area contributed by atoms with Gasteiger partial charge in [-0.05, 0) is 39.8 Å². The maximum absolute atomic E-state index is 4.61. The number of nitrogens with one attached hydrogen (secondary N) is 1. The van der Waals surface area contributed by atoms with Gasteiger partial charge in [-0.25, -0.2) is 4.52 Å². The van der Waals surface area contributed by atoms with Gasteiger partial charge >= 0.3 is 0 Å². The summed E-state index contributed by atoms with van der Waals surface area (Å²) in [6.45, 7) is 9.20. The van der Waals surface area contributed by atoms with Crippen LogP contribution in [0.2, 0.25) is 0 Å². The van der Waals surface area contributed by atoms with Crippen LogP contribution in [0.5, 0.6) is 0 Å². The first kappa shape index (κ1) is 13.7. The molecule has 3 heterocycles. The first-order chi connectivity index (χ1) is 10.1. The Balaban J connectivity index is 1.85. The molecule has 5 heteroatoms. The summed E-state index contributed by atoms with van der Waals surface area (Å²) in [5.74, 6) is 0. The number of fused-ring (bicyclic) bond motifs is 1. The summed E-state index contributed by atoms with van der Waals surface area (Å²) < 4.78 is 3.96. The van der Waals surface area contributed by atoms with E-state index in [0.29, 0.717) is 6.04 Å². The van der Waals surface area contributed by atoms with Crippen LogP contribution in [-0.4, -0.2) is 19.4 Å². The van der Waals surface area contributed by atoms with Gasteiger partial charge in [0.15, 0.2) is 0 Å². The number of hydrogen-bond donors (Lipinski definition) is 1. The number of nitrogens with zero attached hydrogens (tertiary/aromatic N) is 4. The summed E-state index contributed by atoms with van der Waals surface area (Å²) in [6, 6.07) is 6.48. The Kier molecular flexibility index (Phi) is 3.41. The van der Waals surface area contributed by atoms with Crippen LogP contribution in [0.15, 0.2) is 30.6 Å². The SMILES string of the molecule is Cc1nn(C(C)C)c(C)c1NCc1cnn2ccccc12. The van der Waals surface area contributed by atoms with E-state index in [2.05, 4.69) is 47.0 Å². The molecule has 0 aliphatic heterocycles. The molecule has 0 aromatic carbocycles. The van der Waals surface area contributed by atoms with Gasteiger partial charge in [-0.15, -0.1) is 0 Å². The first-order valence-corrected chi connectivity index (χ1v) is 7.28. The molecule has 1 N–H and O–H groups in total. The van der Waals surface area contributed by atoms with Gasteiger partial charge in [-0.2, -0.15) is 10.2 Å². The number of aromatic nitrogens is 4. The van der Waals surface area contributed by atoms with E-state index in [4.69, 9.17) is 0 Å². The lowest BCUT2D eigenvalue weighted by atomic mass is 10.2. The molecule has 0 saturated heterocycles. The topological polar surface area (TPSA) is 47.2 Å². The van der Waals surface area contributed by atoms with E-state index in [1.807, 2.05) is 36.0 Å². The predicted octanol–water partition coefficient (Wildman–Crippen LogP) is 3.34. The second-order valence-corrected chi connectivity index (χ2v) is 5.64. The molecule has 0 atom stereocenters. The lowest BCUT2D eigenvalue weighted by Crippen LogP contribution is -2.06. The summed E-state index contributed by atoms with van der Waals surface area (Å²) in [5.41, 5.74) is 5.67. The van der Waals surface area contributed by atoms with Gasteiger partial charge in [-0.1, -0.05) is 6.07 Å². The fourth-order valence-corrected chi connectivity index (χ4v) is 2.73. The Labute approximate surface area is 124 Å². The highest BCUT2D eigenvalue weighted by molar-refractivity contribution is 5.57. The standard InChI is InChI=1S/C16H21N5/c1-11(2)21-13(4)16(12(3)19-21)17-9-14-10-18-20-8-6-5-7-15(14)20/h5-8,10-11,17H,9H2,1-4H3. The van der Waals surface area contributed by atoms with Crippen LogP contribution in [0.1, 0.15) is 36.8 Å². The van der Waals surface area contributed by atoms with Gasteiger partial charge in [-0.3, -0.25) is 4.68 Å². The average molecular weight is 283 g/mol. The van der Waals surface area contributed by atoms with Crippen molar-refractivity contribution in [3.8, 4) is 0 Å². The molecule has 3 aromatic rings. The van der Waals surface area contributed by atoms with Crippen molar-refractivity contribution in [3.05, 3.63) is 47.5 Å². The molecule has 0 radical (unpaired) electrons. The number of aryl methyl sites for hydroxylation is 1. The van der Waals surface area contributed by atoms with Crippen molar-refractivity contribution < 1.29 is 0 Å². The minimum Gasteiger partial charge on any atom is -0.378 e. The summed E-state index contributed by atoms with van der Waals surface area (Å²) in [7, 11) is 0. The molecule has 110 valence electrons. The van der Waals surface area contributed by atoms with Crippen molar-refractivity contribution in [2.24, 2.45) is 0 Å². The van der Waals surface area contributed by atoms with Crippen LogP contribution in [-0.2, 0) is 6.54 Å². The minimum atomic E-state index is 0.372. The largest absolute Gasteiger partial charge is 0.378 e. The molecular formula is C16H21N5. The van der Waals surface area contributed by atoms with E-state index in [1.54, 1.807) is 0 Å². The molecule has 0 fully saturated rings. The molecule has 0 unspecified atom stereocenters. The third kappa shape index (κ3) is 2.39. The minimum absolute atomic E-state index is 0.372. The van der Waals surface area contributed by atoms with Gasteiger partial charge in [0.2, 0.25) is 0 Å². The Hall–Kier alpha value is -2.30. The molecule has 0 bridgehead atoms. The van der Waals surface area contributed by atoms with Crippen LogP contribution >= 0.6 is 0 Å². The zero-order chi connectivity index (χ0) is 15.0. The van der Waals surface area contributed by atoms with Crippen LogP contribution in [0.4, 0.5) is 5.69 Å². The smallest absolute Gasteiger partial charge is 0.0828 e. The van der Waals surface area contributed by atoms with E-state index in [-0.39, 0.29) is 0 Å². The van der Waals surface area contributed by atoms with Gasteiger partial charge in [0.25, 0.3) is 0 Å². The van der Waals surface area contributed by atoms with Gasteiger partial charge in [0, 0.05) is 24.3 Å². The molecule has 3 aromatic heterocycles. The van der Waals surface area contributed by atoms with Crippen LogP contribution in [0.3, 0.4) is 0 Å². The third-order valence-electron chi connectivity index (χ3n) is 3.78. The zero-order valence-electron chi connectivity index (χ0n) is 13.0. The van der Waals surface area contributed by atoms with Crippen LogP contribution in [0, 0.1) is 13.8 Å². The number of hydrogen-bond acceptors (Lipinski definition) is 3. The maximum Gasteiger partial charge on any atom is 0.0828 e. The monoisotopic (exact) mass is 283 g/mol. The van der Waals surface area contributed by atoms with Crippen molar-refractivity contribution >= 4 is 11.2 Å². The number of pyridine rings is 1. The van der Waals surface area contributed by atoms with Crippen LogP contribution < -0.4 is 5.32 Å². The first-order valence-electron chi connectivity index (χ1n) is 7.28. The van der Waals surface area contributed by atoms with Crippen molar-refractivity contribution in [2.45, 2.75) is 40.3 Å². The van der Waals surface area contributed by atoms with Crippen molar-refractivity contribution in [1.82, 2.24) is 19.4 Å². The highest BCUT2D eigenvalue weighted by Crippen LogP contribution is 2.23. The molecule has 0 aliphatic rings. The summed E-state index contributed by atoms with van der Waals surface area (Å²) in [5, 5.41) is 12.5. The molecule has 5 nitrogen and oxygen atoms in total. The summed E-state index contributed by atoms with van der Waals surface area (Å²) in [4.78, 5) is 0. The molecule has 21 heavy (non-hydrogen) atoms. The van der Waals surface area contributed by atoms with E-state index in [9.17, 15) is 0 Å². The Bertz CT molecular complexity index is 766. The molecule has 0 spiro atoms. The van der Waals surface area contributed by atoms with E-state index >= 15 is 0 Å². The second-order valence-electron chi connectivity index (χ2n) is 5.64. The zero-order valence-corrected chi connectivity index (χ0v) is 13.0. The van der Waals surface area contributed by atoms with E-state index in [0.717, 1.165) is 23.4 Å². The average Bonchev–Trinajstić information content (AvgIpc) is 2.99. The molecule has 0 aliphatic carbocycles. The maximum atomic E-state index is 4.61. The Morgan fingerprint density at radius 3 is 2.76 bits per heavy atom. The highest BCUT2D eigenvalue weighted by atomic mass is 15.3. The van der Waals surface area contributed by atoms with Crippen molar-refractivity contribution in [2.75, 3.05) is 5.32 Å².